The minimum atomic E-state index is -0.498. The Labute approximate surface area is 151 Å². The van der Waals surface area contributed by atoms with Crippen LogP contribution in [0.3, 0.4) is 0 Å². The summed E-state index contributed by atoms with van der Waals surface area (Å²) < 4.78 is 15.8. The van der Waals surface area contributed by atoms with E-state index in [1.54, 1.807) is 37.4 Å². The number of benzene rings is 2. The second-order valence-electron chi connectivity index (χ2n) is 5.28. The molecule has 0 amide bonds. The van der Waals surface area contributed by atoms with Crippen molar-refractivity contribution in [1.82, 2.24) is 0 Å². The zero-order chi connectivity index (χ0) is 18.9. The van der Waals surface area contributed by atoms with Gasteiger partial charge in [-0.1, -0.05) is 6.92 Å². The maximum Gasteiger partial charge on any atom is 0.315 e. The van der Waals surface area contributed by atoms with Gasteiger partial charge in [-0.25, -0.2) is 0 Å². The molecule has 0 aliphatic rings. The largest absolute Gasteiger partial charge is 0.497 e. The number of rotatable bonds is 9. The van der Waals surface area contributed by atoms with E-state index >= 15 is 0 Å². The number of hydrogen-bond acceptors (Lipinski definition) is 7. The zero-order valence-corrected chi connectivity index (χ0v) is 14.9. The first-order valence-electron chi connectivity index (χ1n) is 8.01. The van der Waals surface area contributed by atoms with Gasteiger partial charge in [-0.15, -0.1) is 0 Å². The van der Waals surface area contributed by atoms with Crippen molar-refractivity contribution in [2.24, 2.45) is 5.10 Å². The van der Waals surface area contributed by atoms with E-state index < -0.39 is 4.92 Å². The topological polar surface area (TPSA) is 95.2 Å². The number of nitrogens with zero attached hydrogens (tertiary/aromatic N) is 2. The second kappa shape index (κ2) is 9.26. The minimum absolute atomic E-state index is 0.125. The standard InChI is InChI=1S/C18H21N3O5/c1-4-9-26-18-16(21(22)23)10-13(11-17(18)25-3)12-19-20-14-5-7-15(24-2)8-6-14/h5-8,10-12,20H,4,9H2,1-3H3/b19-12+. The Kier molecular flexibility index (Phi) is 6.78. The molecule has 2 aromatic carbocycles. The summed E-state index contributed by atoms with van der Waals surface area (Å²) in [5.41, 5.74) is 3.96. The lowest BCUT2D eigenvalue weighted by atomic mass is 10.2. The summed E-state index contributed by atoms with van der Waals surface area (Å²) >= 11 is 0. The van der Waals surface area contributed by atoms with Crippen LogP contribution in [0.25, 0.3) is 0 Å². The van der Waals surface area contributed by atoms with Crippen molar-refractivity contribution in [1.29, 1.82) is 0 Å². The molecule has 0 aliphatic carbocycles. The Bertz CT molecular complexity index is 775. The van der Waals surface area contributed by atoms with E-state index in [1.807, 2.05) is 6.92 Å². The molecular formula is C18H21N3O5. The van der Waals surface area contributed by atoms with Crippen LogP contribution in [0.4, 0.5) is 11.4 Å². The normalized spacial score (nSPS) is 10.6. The van der Waals surface area contributed by atoms with Crippen molar-refractivity contribution >= 4 is 17.6 Å². The van der Waals surface area contributed by atoms with E-state index in [2.05, 4.69) is 10.5 Å². The average molecular weight is 359 g/mol. The molecular weight excluding hydrogens is 338 g/mol. The number of nitro benzene ring substituents is 1. The van der Waals surface area contributed by atoms with Crippen LogP contribution < -0.4 is 19.6 Å². The van der Waals surface area contributed by atoms with Crippen LogP contribution in [0.15, 0.2) is 41.5 Å². The maximum atomic E-state index is 11.4. The molecule has 0 fully saturated rings. The van der Waals surface area contributed by atoms with Gasteiger partial charge in [0.2, 0.25) is 5.75 Å². The van der Waals surface area contributed by atoms with E-state index in [1.165, 1.54) is 19.4 Å². The SMILES string of the molecule is CCCOc1c(OC)cc(/C=N/Nc2ccc(OC)cc2)cc1[N+](=O)[O-]. The van der Waals surface area contributed by atoms with E-state index in [9.17, 15) is 10.1 Å². The quantitative estimate of drug-likeness (QED) is 0.415. The third-order valence-corrected chi connectivity index (χ3v) is 3.42. The number of nitrogens with one attached hydrogen (secondary N) is 1. The fraction of sp³-hybridized carbons (Fsp3) is 0.278. The average Bonchev–Trinajstić information content (AvgIpc) is 2.66. The molecule has 138 valence electrons. The molecule has 0 spiro atoms. The lowest BCUT2D eigenvalue weighted by Gasteiger charge is -2.11. The molecule has 0 bridgehead atoms. The van der Waals surface area contributed by atoms with Gasteiger partial charge in [0, 0.05) is 11.6 Å². The van der Waals surface area contributed by atoms with Gasteiger partial charge < -0.3 is 14.2 Å². The molecule has 2 aromatic rings. The van der Waals surface area contributed by atoms with Crippen LogP contribution in [0.5, 0.6) is 17.2 Å². The first-order chi connectivity index (χ1) is 12.6. The van der Waals surface area contributed by atoms with Gasteiger partial charge in [0.05, 0.1) is 37.7 Å². The van der Waals surface area contributed by atoms with Crippen molar-refractivity contribution < 1.29 is 19.1 Å². The summed E-state index contributed by atoms with van der Waals surface area (Å²) in [6, 6.07) is 10.2. The molecule has 8 nitrogen and oxygen atoms in total. The highest BCUT2D eigenvalue weighted by Crippen LogP contribution is 2.38. The van der Waals surface area contributed by atoms with Gasteiger partial charge in [-0.2, -0.15) is 5.10 Å². The number of hydrazone groups is 1. The molecule has 0 atom stereocenters. The van der Waals surface area contributed by atoms with Crippen LogP contribution in [0.1, 0.15) is 18.9 Å². The highest BCUT2D eigenvalue weighted by Gasteiger charge is 2.21. The molecule has 2 rings (SSSR count). The summed E-state index contributed by atoms with van der Waals surface area (Å²) in [6.07, 6.45) is 2.21. The van der Waals surface area contributed by atoms with Gasteiger partial charge in [0.25, 0.3) is 0 Å². The Hall–Kier alpha value is -3.29. The molecule has 0 heterocycles. The Balaban J connectivity index is 2.22. The summed E-state index contributed by atoms with van der Waals surface area (Å²) in [6.45, 7) is 2.29. The van der Waals surface area contributed by atoms with E-state index in [4.69, 9.17) is 14.2 Å². The van der Waals surface area contributed by atoms with Crippen LogP contribution in [-0.4, -0.2) is 32.0 Å². The first-order valence-corrected chi connectivity index (χ1v) is 8.01. The van der Waals surface area contributed by atoms with Crippen LogP contribution in [0.2, 0.25) is 0 Å². The molecule has 8 heteroatoms. The summed E-state index contributed by atoms with van der Waals surface area (Å²) in [5, 5.41) is 15.5. The van der Waals surface area contributed by atoms with E-state index in [0.717, 1.165) is 17.9 Å². The third kappa shape index (κ3) is 4.85. The van der Waals surface area contributed by atoms with Crippen LogP contribution in [-0.2, 0) is 0 Å². The van der Waals surface area contributed by atoms with Gasteiger partial charge in [0.15, 0.2) is 5.75 Å². The van der Waals surface area contributed by atoms with Crippen molar-refractivity contribution in [3.8, 4) is 17.2 Å². The first kappa shape index (κ1) is 19.0. The number of hydrogen-bond donors (Lipinski definition) is 1. The predicted octanol–water partition coefficient (Wildman–Crippen LogP) is 3.85. The number of anilines is 1. The summed E-state index contributed by atoms with van der Waals surface area (Å²) in [4.78, 5) is 10.9. The fourth-order valence-corrected chi connectivity index (χ4v) is 2.17. The third-order valence-electron chi connectivity index (χ3n) is 3.42. The van der Waals surface area contributed by atoms with Gasteiger partial charge >= 0.3 is 5.69 Å². The van der Waals surface area contributed by atoms with Crippen molar-refractivity contribution in [2.45, 2.75) is 13.3 Å². The molecule has 0 saturated carbocycles. The predicted molar refractivity (Wildman–Crippen MR) is 99.6 cm³/mol. The minimum Gasteiger partial charge on any atom is -0.497 e. The smallest absolute Gasteiger partial charge is 0.315 e. The Morgan fingerprint density at radius 2 is 1.92 bits per heavy atom. The molecule has 26 heavy (non-hydrogen) atoms. The molecule has 0 aromatic heterocycles. The lowest BCUT2D eigenvalue weighted by Crippen LogP contribution is -2.03. The molecule has 0 radical (unpaired) electrons. The van der Waals surface area contributed by atoms with Crippen molar-refractivity contribution in [2.75, 3.05) is 26.3 Å². The van der Waals surface area contributed by atoms with E-state index in [0.29, 0.717) is 17.9 Å². The fourth-order valence-electron chi connectivity index (χ4n) is 2.17. The zero-order valence-electron chi connectivity index (χ0n) is 14.9. The number of nitro groups is 1. The molecule has 0 aliphatic heterocycles. The highest BCUT2D eigenvalue weighted by molar-refractivity contribution is 5.83. The second-order valence-corrected chi connectivity index (χ2v) is 5.28. The van der Waals surface area contributed by atoms with Crippen molar-refractivity contribution in [3.63, 3.8) is 0 Å². The van der Waals surface area contributed by atoms with Gasteiger partial charge in [-0.3, -0.25) is 15.5 Å². The van der Waals surface area contributed by atoms with E-state index in [-0.39, 0.29) is 11.4 Å². The van der Waals surface area contributed by atoms with Crippen LogP contribution >= 0.6 is 0 Å². The summed E-state index contributed by atoms with van der Waals surface area (Å²) in [5.74, 6) is 1.15. The van der Waals surface area contributed by atoms with Gasteiger partial charge in [-0.05, 0) is 36.8 Å². The number of ether oxygens (including phenoxy) is 3. The Morgan fingerprint density at radius 1 is 1.19 bits per heavy atom. The van der Waals surface area contributed by atoms with Gasteiger partial charge in [0.1, 0.15) is 5.75 Å². The van der Waals surface area contributed by atoms with Crippen molar-refractivity contribution in [3.05, 3.63) is 52.1 Å². The molecule has 0 saturated heterocycles. The monoisotopic (exact) mass is 359 g/mol. The lowest BCUT2D eigenvalue weighted by molar-refractivity contribution is -0.386. The molecule has 0 unspecified atom stereocenters. The number of methoxy groups -OCH3 is 2. The van der Waals surface area contributed by atoms with Crippen LogP contribution in [0, 0.1) is 10.1 Å². The summed E-state index contributed by atoms with van der Waals surface area (Å²) in [7, 11) is 3.03. The highest BCUT2D eigenvalue weighted by atomic mass is 16.6. The Morgan fingerprint density at radius 3 is 2.50 bits per heavy atom. The molecule has 1 N–H and O–H groups in total. The maximum absolute atomic E-state index is 11.4.